The molecule has 2 heterocycles. The third kappa shape index (κ3) is 2.38. The Morgan fingerprint density at radius 1 is 1.53 bits per heavy atom. The predicted molar refractivity (Wildman–Crippen MR) is 69.0 cm³/mol. The van der Waals surface area contributed by atoms with E-state index in [1.807, 2.05) is 26.1 Å². The number of nitrogens with zero attached hydrogens (tertiary/aromatic N) is 3. The molecule has 0 bridgehead atoms. The average Bonchev–Trinajstić information content (AvgIpc) is 2.62. The Kier molecular flexibility index (Phi) is 3.56. The molecule has 0 saturated carbocycles. The quantitative estimate of drug-likeness (QED) is 0.664. The van der Waals surface area contributed by atoms with Gasteiger partial charge in [-0.25, -0.2) is 5.43 Å². The molecule has 1 atom stereocenters. The van der Waals surface area contributed by atoms with E-state index in [4.69, 9.17) is 5.84 Å². The molecule has 0 aliphatic carbocycles. The van der Waals surface area contributed by atoms with E-state index in [9.17, 15) is 0 Å². The van der Waals surface area contributed by atoms with Crippen LogP contribution in [0, 0.1) is 6.92 Å². The van der Waals surface area contributed by atoms with Crippen LogP contribution in [-0.2, 0) is 7.05 Å². The van der Waals surface area contributed by atoms with Gasteiger partial charge in [0.25, 0.3) is 0 Å². The average molecular weight is 296 g/mol. The van der Waals surface area contributed by atoms with Crippen molar-refractivity contribution in [3.63, 3.8) is 0 Å². The summed E-state index contributed by atoms with van der Waals surface area (Å²) in [6.45, 7) is 2.02. The van der Waals surface area contributed by atoms with Crippen LogP contribution >= 0.6 is 15.9 Å². The molecule has 5 nitrogen and oxygen atoms in total. The van der Waals surface area contributed by atoms with Crippen LogP contribution in [0.3, 0.4) is 0 Å². The number of rotatable bonds is 3. The lowest BCUT2D eigenvalue weighted by molar-refractivity contribution is 0.561. The van der Waals surface area contributed by atoms with Crippen molar-refractivity contribution < 1.29 is 0 Å². The third-order valence-corrected chi connectivity index (χ3v) is 3.22. The minimum atomic E-state index is -0.184. The van der Waals surface area contributed by atoms with Crippen LogP contribution in [0.4, 0.5) is 0 Å². The second-order valence-electron chi connectivity index (χ2n) is 3.86. The molecule has 0 spiro atoms. The molecule has 0 aliphatic rings. The summed E-state index contributed by atoms with van der Waals surface area (Å²) >= 11 is 3.47. The molecule has 1 unspecified atom stereocenters. The van der Waals surface area contributed by atoms with Gasteiger partial charge in [0.1, 0.15) is 6.04 Å². The van der Waals surface area contributed by atoms with Crippen LogP contribution in [0.15, 0.2) is 29.0 Å². The summed E-state index contributed by atoms with van der Waals surface area (Å²) in [4.78, 5) is 4.34. The molecule has 0 aliphatic heterocycles. The lowest BCUT2D eigenvalue weighted by atomic mass is 10.1. The van der Waals surface area contributed by atoms with E-state index >= 15 is 0 Å². The first-order chi connectivity index (χ1) is 8.13. The SMILES string of the molecule is Cc1ccnc(C(NN)c2c(Br)cnn2C)c1. The fraction of sp³-hybridized carbons (Fsp3) is 0.273. The Hall–Kier alpha value is -1.24. The van der Waals surface area contributed by atoms with E-state index in [1.54, 1.807) is 17.1 Å². The number of hydrazine groups is 1. The largest absolute Gasteiger partial charge is 0.270 e. The zero-order chi connectivity index (χ0) is 12.4. The Morgan fingerprint density at radius 3 is 2.82 bits per heavy atom. The van der Waals surface area contributed by atoms with Gasteiger partial charge < -0.3 is 0 Å². The number of aryl methyl sites for hydroxylation is 2. The van der Waals surface area contributed by atoms with Gasteiger partial charge in [-0.15, -0.1) is 0 Å². The van der Waals surface area contributed by atoms with Crippen molar-refractivity contribution in [3.05, 3.63) is 46.0 Å². The maximum absolute atomic E-state index is 5.63. The molecule has 17 heavy (non-hydrogen) atoms. The summed E-state index contributed by atoms with van der Waals surface area (Å²) in [7, 11) is 1.88. The van der Waals surface area contributed by atoms with Crippen molar-refractivity contribution in [2.24, 2.45) is 12.9 Å². The topological polar surface area (TPSA) is 68.8 Å². The van der Waals surface area contributed by atoms with Crippen LogP contribution in [0.1, 0.15) is 23.0 Å². The predicted octanol–water partition coefficient (Wildman–Crippen LogP) is 1.44. The lowest BCUT2D eigenvalue weighted by Gasteiger charge is -2.16. The van der Waals surface area contributed by atoms with E-state index in [1.165, 1.54) is 0 Å². The number of hydrogen-bond acceptors (Lipinski definition) is 4. The van der Waals surface area contributed by atoms with Crippen LogP contribution in [-0.4, -0.2) is 14.8 Å². The van der Waals surface area contributed by atoms with Crippen LogP contribution < -0.4 is 11.3 Å². The molecule has 2 aromatic heterocycles. The van der Waals surface area contributed by atoms with Crippen molar-refractivity contribution in [2.45, 2.75) is 13.0 Å². The monoisotopic (exact) mass is 295 g/mol. The second-order valence-corrected chi connectivity index (χ2v) is 4.71. The fourth-order valence-electron chi connectivity index (χ4n) is 1.77. The summed E-state index contributed by atoms with van der Waals surface area (Å²) in [5, 5.41) is 4.18. The second kappa shape index (κ2) is 4.95. The van der Waals surface area contributed by atoms with E-state index in [-0.39, 0.29) is 6.04 Å². The van der Waals surface area contributed by atoms with Crippen LogP contribution in [0.25, 0.3) is 0 Å². The van der Waals surface area contributed by atoms with Crippen molar-refractivity contribution in [1.82, 2.24) is 20.2 Å². The molecular weight excluding hydrogens is 282 g/mol. The summed E-state index contributed by atoms with van der Waals surface area (Å²) in [5.41, 5.74) is 5.74. The maximum Gasteiger partial charge on any atom is 0.106 e. The van der Waals surface area contributed by atoms with E-state index in [2.05, 4.69) is 31.4 Å². The molecule has 6 heteroatoms. The highest BCUT2D eigenvalue weighted by Crippen LogP contribution is 2.26. The molecule has 2 rings (SSSR count). The molecule has 90 valence electrons. The van der Waals surface area contributed by atoms with Crippen molar-refractivity contribution in [2.75, 3.05) is 0 Å². The van der Waals surface area contributed by atoms with E-state index in [0.717, 1.165) is 21.4 Å². The van der Waals surface area contributed by atoms with Crippen LogP contribution in [0.5, 0.6) is 0 Å². The van der Waals surface area contributed by atoms with Crippen molar-refractivity contribution in [3.8, 4) is 0 Å². The fourth-order valence-corrected chi connectivity index (χ4v) is 2.34. The van der Waals surface area contributed by atoms with Gasteiger partial charge in [-0.2, -0.15) is 5.10 Å². The molecule has 0 aromatic carbocycles. The summed E-state index contributed by atoms with van der Waals surface area (Å²) in [5.74, 6) is 5.63. The third-order valence-electron chi connectivity index (χ3n) is 2.61. The molecule has 0 fully saturated rings. The first-order valence-electron chi connectivity index (χ1n) is 5.19. The van der Waals surface area contributed by atoms with Gasteiger partial charge in [-0.05, 0) is 40.5 Å². The van der Waals surface area contributed by atoms with Gasteiger partial charge in [0.05, 0.1) is 22.1 Å². The van der Waals surface area contributed by atoms with Crippen molar-refractivity contribution in [1.29, 1.82) is 0 Å². The van der Waals surface area contributed by atoms with E-state index < -0.39 is 0 Å². The lowest BCUT2D eigenvalue weighted by Crippen LogP contribution is -2.31. The van der Waals surface area contributed by atoms with Gasteiger partial charge in [-0.1, -0.05) is 0 Å². The first-order valence-corrected chi connectivity index (χ1v) is 5.99. The van der Waals surface area contributed by atoms with Gasteiger partial charge in [0.15, 0.2) is 0 Å². The number of hydrogen-bond donors (Lipinski definition) is 2. The number of halogens is 1. The molecule has 3 N–H and O–H groups in total. The summed E-state index contributed by atoms with van der Waals surface area (Å²) in [6.07, 6.45) is 3.52. The zero-order valence-corrected chi connectivity index (χ0v) is 11.3. The van der Waals surface area contributed by atoms with Gasteiger partial charge in [0.2, 0.25) is 0 Å². The Balaban J connectivity index is 2.47. The van der Waals surface area contributed by atoms with E-state index in [0.29, 0.717) is 0 Å². The summed E-state index contributed by atoms with van der Waals surface area (Å²) < 4.78 is 2.68. The number of nitrogens with one attached hydrogen (secondary N) is 1. The minimum absolute atomic E-state index is 0.184. The van der Waals surface area contributed by atoms with Crippen molar-refractivity contribution >= 4 is 15.9 Å². The first kappa shape index (κ1) is 12.2. The highest BCUT2D eigenvalue weighted by molar-refractivity contribution is 9.10. The molecule has 0 amide bonds. The normalized spacial score (nSPS) is 12.7. The minimum Gasteiger partial charge on any atom is -0.270 e. The molecule has 0 radical (unpaired) electrons. The molecule has 0 saturated heterocycles. The number of nitrogens with two attached hydrogens (primary N) is 1. The van der Waals surface area contributed by atoms with Gasteiger partial charge in [0, 0.05) is 13.2 Å². The highest BCUT2D eigenvalue weighted by atomic mass is 79.9. The maximum atomic E-state index is 5.63. The Bertz CT molecular complexity index is 503. The van der Waals surface area contributed by atoms with Crippen LogP contribution in [0.2, 0.25) is 0 Å². The molecular formula is C11H14BrN5. The van der Waals surface area contributed by atoms with Gasteiger partial charge in [-0.3, -0.25) is 15.5 Å². The standard InChI is InChI=1S/C11H14BrN5/c1-7-3-4-14-9(5-7)10(16-13)11-8(12)6-15-17(11)2/h3-6,10,16H,13H2,1-2H3. The molecule has 2 aromatic rings. The van der Waals surface area contributed by atoms with Gasteiger partial charge >= 0.3 is 0 Å². The number of aromatic nitrogens is 3. The smallest absolute Gasteiger partial charge is 0.106 e. The zero-order valence-electron chi connectivity index (χ0n) is 9.68. The summed E-state index contributed by atoms with van der Waals surface area (Å²) in [6, 6.07) is 3.77. The Labute approximate surface area is 108 Å². The highest BCUT2D eigenvalue weighted by Gasteiger charge is 2.20. The number of pyridine rings is 1. The Morgan fingerprint density at radius 2 is 2.29 bits per heavy atom.